The molecule has 1 aliphatic rings. The van der Waals surface area contributed by atoms with Crippen molar-refractivity contribution in [3.05, 3.63) is 65.7 Å². The highest BCUT2D eigenvalue weighted by atomic mass is 16.5. The summed E-state index contributed by atoms with van der Waals surface area (Å²) in [6, 6.07) is 18.1. The Balaban J connectivity index is 1.53. The van der Waals surface area contributed by atoms with Crippen LogP contribution in [0.15, 0.2) is 59.1 Å². The SMILES string of the molecule is CCN(CC)c1onc(-c2ccccc2)c1CN(CC1CC1)C[C@@H](O)COc1ccccc1C. The Morgan fingerprint density at radius 3 is 2.44 bits per heavy atom. The van der Waals surface area contributed by atoms with Crippen molar-refractivity contribution in [2.45, 2.75) is 46.3 Å². The molecule has 2 aromatic carbocycles. The molecule has 0 radical (unpaired) electrons. The number of hydrogen-bond donors (Lipinski definition) is 1. The first kappa shape index (κ1) is 24.3. The highest BCUT2D eigenvalue weighted by Gasteiger charge is 2.29. The van der Waals surface area contributed by atoms with Gasteiger partial charge in [0.1, 0.15) is 24.2 Å². The summed E-state index contributed by atoms with van der Waals surface area (Å²) in [5.41, 5.74) is 4.09. The predicted molar refractivity (Wildman–Crippen MR) is 136 cm³/mol. The third kappa shape index (κ3) is 6.19. The molecule has 3 aromatic rings. The van der Waals surface area contributed by atoms with Crippen LogP contribution in [0.2, 0.25) is 0 Å². The summed E-state index contributed by atoms with van der Waals surface area (Å²) in [6.45, 7) is 10.4. The van der Waals surface area contributed by atoms with Crippen LogP contribution in [0.1, 0.15) is 37.8 Å². The lowest BCUT2D eigenvalue weighted by Crippen LogP contribution is -2.37. The van der Waals surface area contributed by atoms with E-state index < -0.39 is 6.10 Å². The lowest BCUT2D eigenvalue weighted by molar-refractivity contribution is 0.0637. The van der Waals surface area contributed by atoms with Gasteiger partial charge in [-0.2, -0.15) is 0 Å². The summed E-state index contributed by atoms with van der Waals surface area (Å²) in [7, 11) is 0. The fourth-order valence-electron chi connectivity index (χ4n) is 4.37. The van der Waals surface area contributed by atoms with Gasteiger partial charge in [-0.1, -0.05) is 53.7 Å². The van der Waals surface area contributed by atoms with Crippen molar-refractivity contribution in [1.82, 2.24) is 10.1 Å². The van der Waals surface area contributed by atoms with Gasteiger partial charge in [0.2, 0.25) is 5.88 Å². The average Bonchev–Trinajstić information content (AvgIpc) is 3.58. The quantitative estimate of drug-likeness (QED) is 0.378. The number of benzene rings is 2. The van der Waals surface area contributed by atoms with Crippen molar-refractivity contribution in [3.63, 3.8) is 0 Å². The van der Waals surface area contributed by atoms with Crippen molar-refractivity contribution in [2.75, 3.05) is 37.7 Å². The molecular formula is C28H37N3O3. The number of aromatic nitrogens is 1. The second kappa shape index (κ2) is 11.5. The first-order chi connectivity index (χ1) is 16.6. The summed E-state index contributed by atoms with van der Waals surface area (Å²) in [6.07, 6.45) is 1.92. The van der Waals surface area contributed by atoms with E-state index in [4.69, 9.17) is 9.26 Å². The molecule has 1 fully saturated rings. The Kier molecular flexibility index (Phi) is 8.25. The smallest absolute Gasteiger partial charge is 0.232 e. The summed E-state index contributed by atoms with van der Waals surface area (Å²) in [5.74, 6) is 2.35. The lowest BCUT2D eigenvalue weighted by Gasteiger charge is -2.27. The minimum absolute atomic E-state index is 0.268. The van der Waals surface area contributed by atoms with Crippen LogP contribution >= 0.6 is 0 Å². The average molecular weight is 464 g/mol. The van der Waals surface area contributed by atoms with E-state index in [0.29, 0.717) is 19.0 Å². The Hall–Kier alpha value is -2.83. The summed E-state index contributed by atoms with van der Waals surface area (Å²) < 4.78 is 11.8. The van der Waals surface area contributed by atoms with E-state index in [9.17, 15) is 5.11 Å². The molecule has 0 aliphatic heterocycles. The van der Waals surface area contributed by atoms with Gasteiger partial charge in [0.15, 0.2) is 0 Å². The minimum Gasteiger partial charge on any atom is -0.491 e. The van der Waals surface area contributed by atoms with E-state index in [1.54, 1.807) is 0 Å². The van der Waals surface area contributed by atoms with Gasteiger partial charge in [-0.15, -0.1) is 0 Å². The number of aryl methyl sites for hydroxylation is 1. The number of aliphatic hydroxyl groups is 1. The molecule has 6 nitrogen and oxygen atoms in total. The second-order valence-electron chi connectivity index (χ2n) is 9.22. The van der Waals surface area contributed by atoms with Gasteiger partial charge in [0.25, 0.3) is 0 Å². The van der Waals surface area contributed by atoms with Crippen LogP contribution in [0.4, 0.5) is 5.88 Å². The summed E-state index contributed by atoms with van der Waals surface area (Å²) in [5, 5.41) is 15.4. The Bertz CT molecular complexity index is 1030. The van der Waals surface area contributed by atoms with Crippen molar-refractivity contribution in [1.29, 1.82) is 0 Å². The van der Waals surface area contributed by atoms with E-state index in [1.807, 2.05) is 49.4 Å². The van der Waals surface area contributed by atoms with Crippen LogP contribution in [0, 0.1) is 12.8 Å². The Labute approximate surface area is 203 Å². The predicted octanol–water partition coefficient (Wildman–Crippen LogP) is 5.15. The number of anilines is 1. The molecule has 6 heteroatoms. The zero-order valence-corrected chi connectivity index (χ0v) is 20.6. The van der Waals surface area contributed by atoms with Crippen LogP contribution in [0.3, 0.4) is 0 Å². The minimum atomic E-state index is -0.588. The van der Waals surface area contributed by atoms with Crippen molar-refractivity contribution < 1.29 is 14.4 Å². The van der Waals surface area contributed by atoms with E-state index >= 15 is 0 Å². The van der Waals surface area contributed by atoms with Crippen molar-refractivity contribution >= 4 is 5.88 Å². The van der Waals surface area contributed by atoms with Gasteiger partial charge in [0.05, 0.1) is 5.56 Å². The normalized spacial score (nSPS) is 14.4. The maximum Gasteiger partial charge on any atom is 0.232 e. The second-order valence-corrected chi connectivity index (χ2v) is 9.22. The summed E-state index contributed by atoms with van der Waals surface area (Å²) in [4.78, 5) is 4.55. The first-order valence-corrected chi connectivity index (χ1v) is 12.5. The molecule has 0 spiro atoms. The molecule has 1 aliphatic carbocycles. The van der Waals surface area contributed by atoms with Gasteiger partial charge in [-0.3, -0.25) is 4.90 Å². The molecule has 34 heavy (non-hydrogen) atoms. The third-order valence-corrected chi connectivity index (χ3v) is 6.45. The van der Waals surface area contributed by atoms with Gasteiger partial charge in [-0.25, -0.2) is 0 Å². The van der Waals surface area contributed by atoms with Crippen molar-refractivity contribution in [3.8, 4) is 17.0 Å². The maximum absolute atomic E-state index is 10.9. The molecular weight excluding hydrogens is 426 g/mol. The molecule has 0 bridgehead atoms. The number of rotatable bonds is 13. The topological polar surface area (TPSA) is 62.0 Å². The molecule has 0 saturated heterocycles. The zero-order chi connectivity index (χ0) is 23.9. The maximum atomic E-state index is 10.9. The van der Waals surface area contributed by atoms with Crippen LogP contribution < -0.4 is 9.64 Å². The van der Waals surface area contributed by atoms with Crippen molar-refractivity contribution in [2.24, 2.45) is 5.92 Å². The Morgan fingerprint density at radius 1 is 1.06 bits per heavy atom. The van der Waals surface area contributed by atoms with E-state index in [0.717, 1.165) is 53.7 Å². The van der Waals surface area contributed by atoms with Gasteiger partial charge in [-0.05, 0) is 51.2 Å². The van der Waals surface area contributed by atoms with Crippen LogP contribution in [0.5, 0.6) is 5.75 Å². The molecule has 1 N–H and O–H groups in total. The third-order valence-electron chi connectivity index (χ3n) is 6.45. The van der Waals surface area contributed by atoms with Gasteiger partial charge < -0.3 is 19.3 Å². The number of hydrogen-bond acceptors (Lipinski definition) is 6. The van der Waals surface area contributed by atoms with E-state index in [2.05, 4.69) is 40.9 Å². The molecule has 0 amide bonds. The molecule has 0 unspecified atom stereocenters. The largest absolute Gasteiger partial charge is 0.491 e. The van der Waals surface area contributed by atoms with Crippen LogP contribution in [-0.2, 0) is 6.54 Å². The number of aliphatic hydroxyl groups excluding tert-OH is 1. The number of nitrogens with zero attached hydrogens (tertiary/aromatic N) is 3. The molecule has 182 valence electrons. The van der Waals surface area contributed by atoms with Crippen LogP contribution in [0.25, 0.3) is 11.3 Å². The highest BCUT2D eigenvalue weighted by molar-refractivity contribution is 5.68. The zero-order valence-electron chi connectivity index (χ0n) is 20.6. The van der Waals surface area contributed by atoms with E-state index in [1.165, 1.54) is 12.8 Å². The fourth-order valence-corrected chi connectivity index (χ4v) is 4.37. The summed E-state index contributed by atoms with van der Waals surface area (Å²) >= 11 is 0. The standard InChI is InChI=1S/C28H37N3O3/c1-4-31(5-2)28-25(27(29-34-28)23-12-7-6-8-13-23)19-30(17-22-15-16-22)18-24(32)20-33-26-14-10-9-11-21(26)3/h6-14,22,24,32H,4-5,15-20H2,1-3H3/t24-/m1/s1. The molecule has 1 heterocycles. The van der Waals surface area contributed by atoms with Gasteiger partial charge in [0, 0.05) is 38.3 Å². The molecule has 1 aromatic heterocycles. The molecule has 4 rings (SSSR count). The van der Waals surface area contributed by atoms with Crippen LogP contribution in [-0.4, -0.2) is 54.1 Å². The van der Waals surface area contributed by atoms with Gasteiger partial charge >= 0.3 is 0 Å². The monoisotopic (exact) mass is 463 g/mol. The number of ether oxygens (including phenoxy) is 1. The lowest BCUT2D eigenvalue weighted by atomic mass is 10.1. The molecule has 1 atom stereocenters. The Morgan fingerprint density at radius 2 is 1.76 bits per heavy atom. The fraction of sp³-hybridized carbons (Fsp3) is 0.464. The van der Waals surface area contributed by atoms with E-state index in [-0.39, 0.29) is 6.61 Å². The molecule has 1 saturated carbocycles. The number of para-hydroxylation sites is 1. The first-order valence-electron chi connectivity index (χ1n) is 12.5. The highest BCUT2D eigenvalue weighted by Crippen LogP contribution is 2.35.